The largest absolute Gasteiger partial charge is 0.391 e. The fraction of sp³-hybridized carbons (Fsp3) is 0.600. The lowest BCUT2D eigenvalue weighted by Crippen LogP contribution is -2.44. The third-order valence-electron chi connectivity index (χ3n) is 4.01. The maximum absolute atomic E-state index is 14.1. The lowest BCUT2D eigenvalue weighted by molar-refractivity contribution is 0.105. The Bertz CT molecular complexity index is 436. The summed E-state index contributed by atoms with van der Waals surface area (Å²) in [6.07, 6.45) is 2.52. The summed E-state index contributed by atoms with van der Waals surface area (Å²) in [4.78, 5) is 1.79. The van der Waals surface area contributed by atoms with Gasteiger partial charge in [0.25, 0.3) is 0 Å². The van der Waals surface area contributed by atoms with Crippen LogP contribution in [0.4, 0.5) is 10.1 Å². The highest BCUT2D eigenvalue weighted by atomic mass is 19.1. The Kier molecular flexibility index (Phi) is 4.42. The molecule has 0 aromatic heterocycles. The van der Waals surface area contributed by atoms with Crippen LogP contribution in [0.2, 0.25) is 0 Å². The lowest BCUT2D eigenvalue weighted by Gasteiger charge is -2.38. The number of aliphatic hydroxyl groups excluding tert-OH is 2. The normalized spacial score (nSPS) is 25.1. The molecule has 2 N–H and O–H groups in total. The van der Waals surface area contributed by atoms with Crippen LogP contribution in [0.15, 0.2) is 18.2 Å². The predicted molar refractivity (Wildman–Crippen MR) is 73.7 cm³/mol. The van der Waals surface area contributed by atoms with E-state index in [0.717, 1.165) is 25.7 Å². The average molecular weight is 267 g/mol. The standard InChI is InChI=1S/C15H22FNO2/c1-10(18)11-6-5-7-12(16)15(11)17(2)13-8-3-4-9-14(13)19/h5-7,10,13-14,18-19H,3-4,8-9H2,1-2H3/t10-,13?,14?/m0/s1. The number of hydrogen-bond acceptors (Lipinski definition) is 3. The minimum atomic E-state index is -0.728. The Morgan fingerprint density at radius 3 is 2.63 bits per heavy atom. The predicted octanol–water partition coefficient (Wildman–Crippen LogP) is 2.62. The Morgan fingerprint density at radius 1 is 1.32 bits per heavy atom. The van der Waals surface area contributed by atoms with Gasteiger partial charge in [0.15, 0.2) is 0 Å². The van der Waals surface area contributed by atoms with Crippen molar-refractivity contribution in [3.8, 4) is 0 Å². The Morgan fingerprint density at radius 2 is 2.00 bits per heavy atom. The molecule has 1 saturated carbocycles. The third kappa shape index (κ3) is 2.90. The summed E-state index contributed by atoms with van der Waals surface area (Å²) in [5.41, 5.74) is 0.976. The van der Waals surface area contributed by atoms with E-state index in [0.29, 0.717) is 11.3 Å². The summed E-state index contributed by atoms with van der Waals surface area (Å²) in [6, 6.07) is 4.65. The number of para-hydroxylation sites is 1. The molecule has 1 aromatic rings. The number of benzene rings is 1. The first-order valence-corrected chi connectivity index (χ1v) is 6.89. The van der Waals surface area contributed by atoms with E-state index in [1.807, 2.05) is 0 Å². The molecule has 4 heteroatoms. The second kappa shape index (κ2) is 5.88. The highest BCUT2D eigenvalue weighted by Crippen LogP contribution is 2.33. The second-order valence-electron chi connectivity index (χ2n) is 5.38. The van der Waals surface area contributed by atoms with Crippen LogP contribution >= 0.6 is 0 Å². The van der Waals surface area contributed by atoms with Crippen LogP contribution in [0.5, 0.6) is 0 Å². The van der Waals surface area contributed by atoms with Gasteiger partial charge >= 0.3 is 0 Å². The molecule has 1 aliphatic carbocycles. The zero-order valence-electron chi connectivity index (χ0n) is 11.5. The van der Waals surface area contributed by atoms with Crippen LogP contribution < -0.4 is 4.90 Å². The molecule has 0 bridgehead atoms. The Labute approximate surface area is 113 Å². The fourth-order valence-electron chi connectivity index (χ4n) is 2.95. The average Bonchev–Trinajstić information content (AvgIpc) is 2.38. The number of aliphatic hydroxyl groups is 2. The number of anilines is 1. The van der Waals surface area contributed by atoms with E-state index in [-0.39, 0.29) is 11.9 Å². The minimum Gasteiger partial charge on any atom is -0.391 e. The molecule has 3 nitrogen and oxygen atoms in total. The molecule has 1 aromatic carbocycles. The maximum atomic E-state index is 14.1. The van der Waals surface area contributed by atoms with Crippen molar-refractivity contribution in [2.45, 2.75) is 50.9 Å². The fourth-order valence-corrected chi connectivity index (χ4v) is 2.95. The van der Waals surface area contributed by atoms with Crippen molar-refractivity contribution in [2.75, 3.05) is 11.9 Å². The minimum absolute atomic E-state index is 0.0804. The molecule has 19 heavy (non-hydrogen) atoms. The van der Waals surface area contributed by atoms with Gasteiger partial charge in [0.2, 0.25) is 0 Å². The molecule has 0 heterocycles. The van der Waals surface area contributed by atoms with Crippen LogP contribution in [0.3, 0.4) is 0 Å². The van der Waals surface area contributed by atoms with Gasteiger partial charge in [0.05, 0.1) is 23.9 Å². The summed E-state index contributed by atoms with van der Waals surface area (Å²) in [6.45, 7) is 1.63. The smallest absolute Gasteiger partial charge is 0.146 e. The van der Waals surface area contributed by atoms with Crippen LogP contribution in [0.25, 0.3) is 0 Å². The van der Waals surface area contributed by atoms with Crippen LogP contribution in [-0.2, 0) is 0 Å². The lowest BCUT2D eigenvalue weighted by atomic mass is 9.90. The highest BCUT2D eigenvalue weighted by Gasteiger charge is 2.29. The maximum Gasteiger partial charge on any atom is 0.146 e. The van der Waals surface area contributed by atoms with E-state index in [1.54, 1.807) is 31.0 Å². The van der Waals surface area contributed by atoms with Crippen molar-refractivity contribution < 1.29 is 14.6 Å². The number of halogens is 1. The van der Waals surface area contributed by atoms with Crippen molar-refractivity contribution >= 4 is 5.69 Å². The first-order chi connectivity index (χ1) is 9.02. The van der Waals surface area contributed by atoms with Crippen molar-refractivity contribution in [3.05, 3.63) is 29.6 Å². The Balaban J connectivity index is 2.34. The van der Waals surface area contributed by atoms with Gasteiger partial charge in [-0.3, -0.25) is 0 Å². The molecule has 2 unspecified atom stereocenters. The topological polar surface area (TPSA) is 43.7 Å². The van der Waals surface area contributed by atoms with Crippen molar-refractivity contribution in [3.63, 3.8) is 0 Å². The van der Waals surface area contributed by atoms with Gasteiger partial charge < -0.3 is 15.1 Å². The van der Waals surface area contributed by atoms with Crippen LogP contribution in [0, 0.1) is 5.82 Å². The molecule has 106 valence electrons. The molecular weight excluding hydrogens is 245 g/mol. The van der Waals surface area contributed by atoms with E-state index in [4.69, 9.17) is 0 Å². The zero-order valence-corrected chi connectivity index (χ0v) is 11.5. The molecule has 0 aliphatic heterocycles. The summed E-state index contributed by atoms with van der Waals surface area (Å²) in [5, 5.41) is 19.9. The van der Waals surface area contributed by atoms with Crippen molar-refractivity contribution in [1.82, 2.24) is 0 Å². The SMILES string of the molecule is C[C@H](O)c1cccc(F)c1N(C)C1CCCCC1O. The van der Waals surface area contributed by atoms with Crippen molar-refractivity contribution in [2.24, 2.45) is 0 Å². The van der Waals surface area contributed by atoms with Crippen LogP contribution in [-0.4, -0.2) is 29.4 Å². The van der Waals surface area contributed by atoms with Crippen LogP contribution in [0.1, 0.15) is 44.3 Å². The summed E-state index contributed by atoms with van der Waals surface area (Å²) in [5.74, 6) is -0.348. The van der Waals surface area contributed by atoms with Gasteiger partial charge in [-0.25, -0.2) is 4.39 Å². The molecule has 0 saturated heterocycles. The molecule has 3 atom stereocenters. The molecule has 0 radical (unpaired) electrons. The molecule has 1 fully saturated rings. The molecular formula is C15H22FNO2. The van der Waals surface area contributed by atoms with Gasteiger partial charge in [-0.05, 0) is 25.8 Å². The van der Waals surface area contributed by atoms with Gasteiger partial charge in [-0.2, -0.15) is 0 Å². The van der Waals surface area contributed by atoms with Gasteiger partial charge in [0, 0.05) is 12.6 Å². The summed E-state index contributed by atoms with van der Waals surface area (Å²) in [7, 11) is 1.80. The highest BCUT2D eigenvalue weighted by molar-refractivity contribution is 5.56. The van der Waals surface area contributed by atoms with Gasteiger partial charge in [0.1, 0.15) is 5.82 Å². The third-order valence-corrected chi connectivity index (χ3v) is 4.01. The summed E-state index contributed by atoms with van der Waals surface area (Å²) >= 11 is 0. The summed E-state index contributed by atoms with van der Waals surface area (Å²) < 4.78 is 14.1. The van der Waals surface area contributed by atoms with E-state index in [1.165, 1.54) is 6.07 Å². The Hall–Kier alpha value is -1.13. The van der Waals surface area contributed by atoms with Crippen molar-refractivity contribution in [1.29, 1.82) is 0 Å². The van der Waals surface area contributed by atoms with E-state index < -0.39 is 12.2 Å². The van der Waals surface area contributed by atoms with Gasteiger partial charge in [-0.1, -0.05) is 25.0 Å². The number of hydrogen-bond donors (Lipinski definition) is 2. The first-order valence-electron chi connectivity index (χ1n) is 6.89. The first kappa shape index (κ1) is 14.3. The zero-order chi connectivity index (χ0) is 14.0. The molecule has 2 rings (SSSR count). The van der Waals surface area contributed by atoms with E-state index in [9.17, 15) is 14.6 Å². The quantitative estimate of drug-likeness (QED) is 0.884. The monoisotopic (exact) mass is 267 g/mol. The molecule has 0 spiro atoms. The van der Waals surface area contributed by atoms with E-state index >= 15 is 0 Å². The van der Waals surface area contributed by atoms with E-state index in [2.05, 4.69) is 0 Å². The second-order valence-corrected chi connectivity index (χ2v) is 5.38. The molecule has 1 aliphatic rings. The van der Waals surface area contributed by atoms with Gasteiger partial charge in [-0.15, -0.1) is 0 Å². The number of rotatable bonds is 3. The number of likely N-dealkylation sites (N-methyl/N-ethyl adjacent to an activating group) is 1. The number of nitrogens with zero attached hydrogens (tertiary/aromatic N) is 1. The molecule has 0 amide bonds.